The summed E-state index contributed by atoms with van der Waals surface area (Å²) < 4.78 is 0. The van der Waals surface area contributed by atoms with Gasteiger partial charge in [0.15, 0.2) is 0 Å². The second kappa shape index (κ2) is 8.47. The summed E-state index contributed by atoms with van der Waals surface area (Å²) in [5.74, 6) is 0. The van der Waals surface area contributed by atoms with E-state index in [2.05, 4.69) is 10.5 Å². The van der Waals surface area contributed by atoms with Gasteiger partial charge in [-0.15, -0.1) is 0 Å². The molecule has 0 aliphatic carbocycles. The van der Waals surface area contributed by atoms with E-state index in [-0.39, 0.29) is 18.5 Å². The number of anilines is 1. The summed E-state index contributed by atoms with van der Waals surface area (Å²) in [5, 5.41) is 45.2. The zero-order valence-corrected chi connectivity index (χ0v) is 12.6. The minimum absolute atomic E-state index is 0.0399. The molecule has 24 heavy (non-hydrogen) atoms. The van der Waals surface area contributed by atoms with Crippen molar-refractivity contribution in [2.45, 2.75) is 31.9 Å². The van der Waals surface area contributed by atoms with Gasteiger partial charge in [0, 0.05) is 23.6 Å². The fourth-order valence-corrected chi connectivity index (χ4v) is 1.83. The molecule has 0 bridgehead atoms. The average Bonchev–Trinajstić information content (AvgIpc) is 2.49. The van der Waals surface area contributed by atoms with E-state index >= 15 is 0 Å². The maximum atomic E-state index is 10.9. The molecular formula is C12H15N5O7. The predicted molar refractivity (Wildman–Crippen MR) is 83.6 cm³/mol. The van der Waals surface area contributed by atoms with Crippen molar-refractivity contribution in [3.8, 4) is 0 Å². The SMILES string of the molecule is CC(O)C(CCC=NNc1ccc([N+](=O)[O-])cc1[N+](=O)[O-])[N+](=O)[O-]. The second-order valence-corrected chi connectivity index (χ2v) is 4.81. The van der Waals surface area contributed by atoms with Crippen molar-refractivity contribution in [1.29, 1.82) is 0 Å². The third-order valence-corrected chi connectivity index (χ3v) is 3.08. The number of nitrogens with one attached hydrogen (secondary N) is 1. The van der Waals surface area contributed by atoms with Crippen LogP contribution in [0.25, 0.3) is 0 Å². The van der Waals surface area contributed by atoms with E-state index in [9.17, 15) is 35.4 Å². The Bertz CT molecular complexity index is 661. The molecule has 130 valence electrons. The van der Waals surface area contributed by atoms with Gasteiger partial charge in [0.05, 0.1) is 15.9 Å². The molecule has 0 aliphatic heterocycles. The van der Waals surface area contributed by atoms with E-state index in [1.54, 1.807) is 0 Å². The minimum Gasteiger partial charge on any atom is -0.386 e. The van der Waals surface area contributed by atoms with E-state index in [0.717, 1.165) is 18.2 Å². The van der Waals surface area contributed by atoms with Crippen LogP contribution in [0, 0.1) is 30.3 Å². The lowest BCUT2D eigenvalue weighted by Gasteiger charge is -2.10. The van der Waals surface area contributed by atoms with Crippen LogP contribution >= 0.6 is 0 Å². The first-order valence-corrected chi connectivity index (χ1v) is 6.76. The van der Waals surface area contributed by atoms with Gasteiger partial charge < -0.3 is 5.11 Å². The summed E-state index contributed by atoms with van der Waals surface area (Å²) in [6, 6.07) is 1.89. The summed E-state index contributed by atoms with van der Waals surface area (Å²) in [7, 11) is 0. The van der Waals surface area contributed by atoms with Crippen LogP contribution in [-0.4, -0.2) is 38.2 Å². The van der Waals surface area contributed by atoms with Crippen LogP contribution in [0.1, 0.15) is 19.8 Å². The molecule has 12 nitrogen and oxygen atoms in total. The molecule has 2 N–H and O–H groups in total. The van der Waals surface area contributed by atoms with E-state index in [1.807, 2.05) is 0 Å². The van der Waals surface area contributed by atoms with Gasteiger partial charge in [-0.05, 0) is 19.4 Å². The van der Waals surface area contributed by atoms with Crippen molar-refractivity contribution in [3.63, 3.8) is 0 Å². The summed E-state index contributed by atoms with van der Waals surface area (Å²) in [4.78, 5) is 30.1. The predicted octanol–water partition coefficient (Wildman–Crippen LogP) is 1.71. The number of rotatable bonds is 9. The highest BCUT2D eigenvalue weighted by Crippen LogP contribution is 2.28. The maximum absolute atomic E-state index is 10.9. The smallest absolute Gasteiger partial charge is 0.301 e. The molecular weight excluding hydrogens is 326 g/mol. The van der Waals surface area contributed by atoms with E-state index in [0.29, 0.717) is 0 Å². The largest absolute Gasteiger partial charge is 0.386 e. The lowest BCUT2D eigenvalue weighted by molar-refractivity contribution is -0.534. The minimum atomic E-state index is -1.13. The first-order chi connectivity index (χ1) is 11.2. The Morgan fingerprint density at radius 1 is 1.25 bits per heavy atom. The Labute approximate surface area is 135 Å². The highest BCUT2D eigenvalue weighted by atomic mass is 16.6. The van der Waals surface area contributed by atoms with E-state index in [1.165, 1.54) is 13.1 Å². The molecule has 2 atom stereocenters. The summed E-state index contributed by atoms with van der Waals surface area (Å²) in [6.07, 6.45) is 0.351. The summed E-state index contributed by atoms with van der Waals surface area (Å²) >= 11 is 0. The van der Waals surface area contributed by atoms with Crippen LogP contribution in [-0.2, 0) is 0 Å². The Kier molecular flexibility index (Phi) is 6.67. The van der Waals surface area contributed by atoms with Gasteiger partial charge >= 0.3 is 5.69 Å². The molecule has 0 heterocycles. The molecule has 0 radical (unpaired) electrons. The zero-order chi connectivity index (χ0) is 18.3. The van der Waals surface area contributed by atoms with Gasteiger partial charge in [0.25, 0.3) is 5.69 Å². The number of nitrogens with zero attached hydrogens (tertiary/aromatic N) is 4. The third-order valence-electron chi connectivity index (χ3n) is 3.08. The van der Waals surface area contributed by atoms with Gasteiger partial charge in [0.1, 0.15) is 11.8 Å². The van der Waals surface area contributed by atoms with Crippen molar-refractivity contribution < 1.29 is 19.9 Å². The Morgan fingerprint density at radius 3 is 2.42 bits per heavy atom. The molecule has 0 aliphatic rings. The molecule has 2 unspecified atom stereocenters. The Balaban J connectivity index is 2.71. The molecule has 1 rings (SSSR count). The van der Waals surface area contributed by atoms with E-state index < -0.39 is 38.3 Å². The number of hydrogen-bond donors (Lipinski definition) is 2. The van der Waals surface area contributed by atoms with Crippen LogP contribution < -0.4 is 5.43 Å². The van der Waals surface area contributed by atoms with Crippen LogP contribution in [0.4, 0.5) is 17.1 Å². The maximum Gasteiger partial charge on any atom is 0.301 e. The van der Waals surface area contributed by atoms with Crippen molar-refractivity contribution in [1.82, 2.24) is 0 Å². The first kappa shape index (κ1) is 18.9. The summed E-state index contributed by atoms with van der Waals surface area (Å²) in [5.41, 5.74) is 1.36. The fourth-order valence-electron chi connectivity index (χ4n) is 1.83. The van der Waals surface area contributed by atoms with Gasteiger partial charge in [-0.1, -0.05) is 0 Å². The first-order valence-electron chi connectivity index (χ1n) is 6.76. The molecule has 0 saturated carbocycles. The van der Waals surface area contributed by atoms with Gasteiger partial charge in [-0.3, -0.25) is 35.8 Å². The van der Waals surface area contributed by atoms with Gasteiger partial charge in [-0.2, -0.15) is 5.10 Å². The summed E-state index contributed by atoms with van der Waals surface area (Å²) in [6.45, 7) is 1.31. The van der Waals surface area contributed by atoms with Crippen LogP contribution in [0.5, 0.6) is 0 Å². The number of non-ortho nitro benzene ring substituents is 1. The molecule has 0 fully saturated rings. The standard InChI is InChI=1S/C12H15N5O7/c1-8(18)11(16(21)22)3-2-6-13-14-10-5-4-9(15(19)20)7-12(10)17(23)24/h4-8,11,14,18H,2-3H2,1H3. The van der Waals surface area contributed by atoms with Gasteiger partial charge in [-0.25, -0.2) is 0 Å². The molecule has 0 saturated heterocycles. The third kappa shape index (κ3) is 5.24. The molecule has 0 spiro atoms. The van der Waals surface area contributed by atoms with Crippen LogP contribution in [0.2, 0.25) is 0 Å². The fraction of sp³-hybridized carbons (Fsp3) is 0.417. The van der Waals surface area contributed by atoms with Crippen molar-refractivity contribution >= 4 is 23.3 Å². The highest BCUT2D eigenvalue weighted by Gasteiger charge is 2.25. The van der Waals surface area contributed by atoms with E-state index in [4.69, 9.17) is 0 Å². The molecule has 12 heteroatoms. The van der Waals surface area contributed by atoms with Crippen molar-refractivity contribution in [2.24, 2.45) is 5.10 Å². The zero-order valence-electron chi connectivity index (χ0n) is 12.6. The number of benzene rings is 1. The molecule has 0 aromatic heterocycles. The van der Waals surface area contributed by atoms with Crippen molar-refractivity contribution in [3.05, 3.63) is 48.5 Å². The average molecular weight is 341 g/mol. The molecule has 1 aromatic carbocycles. The normalized spacial score (nSPS) is 13.4. The number of aliphatic hydroxyl groups excluding tert-OH is 1. The molecule has 0 amide bonds. The quantitative estimate of drug-likeness (QED) is 0.387. The van der Waals surface area contributed by atoms with Gasteiger partial charge in [0.2, 0.25) is 6.04 Å². The van der Waals surface area contributed by atoms with Crippen molar-refractivity contribution in [2.75, 3.05) is 5.43 Å². The number of nitro benzene ring substituents is 2. The number of nitro groups is 3. The number of hydrazone groups is 1. The molecule has 1 aromatic rings. The van der Waals surface area contributed by atoms with Crippen LogP contribution in [0.15, 0.2) is 23.3 Å². The lowest BCUT2D eigenvalue weighted by Crippen LogP contribution is -2.31. The number of hydrogen-bond acceptors (Lipinski definition) is 9. The topological polar surface area (TPSA) is 174 Å². The van der Waals surface area contributed by atoms with Crippen LogP contribution in [0.3, 0.4) is 0 Å². The Morgan fingerprint density at radius 2 is 1.92 bits per heavy atom. The second-order valence-electron chi connectivity index (χ2n) is 4.81. The monoisotopic (exact) mass is 341 g/mol. The Hall–Kier alpha value is -3.15. The number of aliphatic hydroxyl groups is 1. The lowest BCUT2D eigenvalue weighted by atomic mass is 10.1. The highest BCUT2D eigenvalue weighted by molar-refractivity contribution is 5.67.